The lowest BCUT2D eigenvalue weighted by Crippen LogP contribution is -2.18. The minimum absolute atomic E-state index is 0.257. The quantitative estimate of drug-likeness (QED) is 0.713. The first-order chi connectivity index (χ1) is 9.21. The molecule has 0 aliphatic carbocycles. The minimum Gasteiger partial charge on any atom is -0.462 e. The second-order valence-electron chi connectivity index (χ2n) is 4.72. The second-order valence-corrected chi connectivity index (χ2v) is 4.72. The molecule has 0 amide bonds. The summed E-state index contributed by atoms with van der Waals surface area (Å²) < 4.78 is 4.97. The highest BCUT2D eigenvalue weighted by Crippen LogP contribution is 2.15. The third-order valence-corrected chi connectivity index (χ3v) is 3.04. The van der Waals surface area contributed by atoms with Crippen LogP contribution in [0.4, 0.5) is 5.69 Å². The standard InChI is InChI=1S/C16H25NO2/c1-4-7-14(8-5-2)17-15-11-9-13(10-12-15)16(18)19-6-3/h9-12,14,17H,4-8H2,1-3H3. The van der Waals surface area contributed by atoms with E-state index in [0.717, 1.165) is 5.69 Å². The van der Waals surface area contributed by atoms with Crippen LogP contribution >= 0.6 is 0 Å². The Labute approximate surface area is 116 Å². The molecule has 0 bridgehead atoms. The number of benzene rings is 1. The average Bonchev–Trinajstić information content (AvgIpc) is 2.40. The largest absolute Gasteiger partial charge is 0.462 e. The Kier molecular flexibility index (Phi) is 7.01. The summed E-state index contributed by atoms with van der Waals surface area (Å²) in [5.74, 6) is -0.257. The second kappa shape index (κ2) is 8.57. The topological polar surface area (TPSA) is 38.3 Å². The number of nitrogens with one attached hydrogen (secondary N) is 1. The van der Waals surface area contributed by atoms with Crippen molar-refractivity contribution in [1.82, 2.24) is 0 Å². The summed E-state index contributed by atoms with van der Waals surface area (Å²) >= 11 is 0. The van der Waals surface area contributed by atoms with E-state index in [1.807, 2.05) is 31.2 Å². The molecule has 3 nitrogen and oxygen atoms in total. The molecule has 0 saturated heterocycles. The number of carbonyl (C=O) groups is 1. The maximum absolute atomic E-state index is 11.5. The molecule has 0 unspecified atom stereocenters. The Morgan fingerprint density at radius 1 is 1.11 bits per heavy atom. The number of anilines is 1. The Morgan fingerprint density at radius 3 is 2.16 bits per heavy atom. The summed E-state index contributed by atoms with van der Waals surface area (Å²) in [6.45, 7) is 6.63. The Morgan fingerprint density at radius 2 is 1.68 bits per heavy atom. The van der Waals surface area contributed by atoms with Crippen LogP contribution in [-0.2, 0) is 4.74 Å². The van der Waals surface area contributed by atoms with E-state index in [2.05, 4.69) is 19.2 Å². The van der Waals surface area contributed by atoms with Crippen molar-refractivity contribution in [3.8, 4) is 0 Å². The fraction of sp³-hybridized carbons (Fsp3) is 0.562. The summed E-state index contributed by atoms with van der Waals surface area (Å²) in [5.41, 5.74) is 1.68. The molecule has 0 fully saturated rings. The van der Waals surface area contributed by atoms with Gasteiger partial charge in [-0.1, -0.05) is 26.7 Å². The van der Waals surface area contributed by atoms with Crippen LogP contribution in [0.25, 0.3) is 0 Å². The van der Waals surface area contributed by atoms with Gasteiger partial charge in [-0.15, -0.1) is 0 Å². The highest BCUT2D eigenvalue weighted by atomic mass is 16.5. The van der Waals surface area contributed by atoms with Gasteiger partial charge in [0.05, 0.1) is 12.2 Å². The zero-order valence-corrected chi connectivity index (χ0v) is 12.2. The molecule has 0 spiro atoms. The third-order valence-electron chi connectivity index (χ3n) is 3.04. The molecule has 0 aromatic heterocycles. The van der Waals surface area contributed by atoms with Gasteiger partial charge in [-0.2, -0.15) is 0 Å². The number of hydrogen-bond donors (Lipinski definition) is 1. The Hall–Kier alpha value is -1.51. The van der Waals surface area contributed by atoms with Crippen LogP contribution < -0.4 is 5.32 Å². The van der Waals surface area contributed by atoms with Crippen LogP contribution in [0.2, 0.25) is 0 Å². The molecular weight excluding hydrogens is 238 g/mol. The van der Waals surface area contributed by atoms with Gasteiger partial charge in [0.1, 0.15) is 0 Å². The monoisotopic (exact) mass is 263 g/mol. The van der Waals surface area contributed by atoms with Gasteiger partial charge < -0.3 is 10.1 Å². The summed E-state index contributed by atoms with van der Waals surface area (Å²) in [5, 5.41) is 3.53. The van der Waals surface area contributed by atoms with Crippen molar-refractivity contribution in [3.05, 3.63) is 29.8 Å². The van der Waals surface area contributed by atoms with Gasteiger partial charge in [0.2, 0.25) is 0 Å². The van der Waals surface area contributed by atoms with Gasteiger partial charge in [-0.3, -0.25) is 0 Å². The lowest BCUT2D eigenvalue weighted by Gasteiger charge is -2.18. The van der Waals surface area contributed by atoms with Crippen LogP contribution in [0.1, 0.15) is 56.8 Å². The van der Waals surface area contributed by atoms with Gasteiger partial charge in [0, 0.05) is 11.7 Å². The van der Waals surface area contributed by atoms with Gasteiger partial charge in [-0.25, -0.2) is 4.79 Å². The molecule has 0 aliphatic rings. The van der Waals surface area contributed by atoms with Crippen molar-refractivity contribution in [2.45, 2.75) is 52.5 Å². The lowest BCUT2D eigenvalue weighted by atomic mass is 10.1. The van der Waals surface area contributed by atoms with Crippen LogP contribution in [0, 0.1) is 0 Å². The van der Waals surface area contributed by atoms with Gasteiger partial charge in [0.15, 0.2) is 0 Å². The maximum Gasteiger partial charge on any atom is 0.338 e. The van der Waals surface area contributed by atoms with Gasteiger partial charge in [0.25, 0.3) is 0 Å². The first-order valence-corrected chi connectivity index (χ1v) is 7.24. The molecule has 0 saturated carbocycles. The number of esters is 1. The number of rotatable bonds is 8. The van der Waals surface area contributed by atoms with E-state index in [1.165, 1.54) is 25.7 Å². The SMILES string of the molecule is CCCC(CCC)Nc1ccc(C(=O)OCC)cc1. The molecule has 0 heterocycles. The van der Waals surface area contributed by atoms with E-state index in [-0.39, 0.29) is 5.97 Å². The molecule has 1 rings (SSSR count). The molecule has 3 heteroatoms. The van der Waals surface area contributed by atoms with Crippen LogP contribution in [-0.4, -0.2) is 18.6 Å². The van der Waals surface area contributed by atoms with Crippen molar-refractivity contribution in [2.75, 3.05) is 11.9 Å². The smallest absolute Gasteiger partial charge is 0.338 e. The normalized spacial score (nSPS) is 10.5. The van der Waals surface area contributed by atoms with E-state index < -0.39 is 0 Å². The Balaban J connectivity index is 2.62. The predicted octanol–water partition coefficient (Wildman–Crippen LogP) is 4.24. The Bertz CT molecular complexity index is 367. The summed E-state index contributed by atoms with van der Waals surface area (Å²) in [6, 6.07) is 8.04. The molecule has 0 atom stereocenters. The molecular formula is C16H25NO2. The van der Waals surface area contributed by atoms with Gasteiger partial charge >= 0.3 is 5.97 Å². The molecule has 1 aromatic rings. The first kappa shape index (κ1) is 15.5. The summed E-state index contributed by atoms with van der Waals surface area (Å²) in [6.07, 6.45) is 4.71. The minimum atomic E-state index is -0.257. The van der Waals surface area contributed by atoms with Crippen molar-refractivity contribution in [1.29, 1.82) is 0 Å². The van der Waals surface area contributed by atoms with Gasteiger partial charge in [-0.05, 0) is 44.0 Å². The van der Waals surface area contributed by atoms with E-state index in [0.29, 0.717) is 18.2 Å². The predicted molar refractivity (Wildman–Crippen MR) is 79.6 cm³/mol. The molecule has 19 heavy (non-hydrogen) atoms. The summed E-state index contributed by atoms with van der Waals surface area (Å²) in [4.78, 5) is 11.5. The van der Waals surface area contributed by atoms with E-state index in [9.17, 15) is 4.79 Å². The fourth-order valence-corrected chi connectivity index (χ4v) is 2.14. The van der Waals surface area contributed by atoms with Crippen LogP contribution in [0.15, 0.2) is 24.3 Å². The van der Waals surface area contributed by atoms with Crippen molar-refractivity contribution in [2.24, 2.45) is 0 Å². The highest BCUT2D eigenvalue weighted by molar-refractivity contribution is 5.89. The molecule has 1 N–H and O–H groups in total. The maximum atomic E-state index is 11.5. The molecule has 0 aliphatic heterocycles. The van der Waals surface area contributed by atoms with Crippen molar-refractivity contribution in [3.63, 3.8) is 0 Å². The number of carbonyl (C=O) groups excluding carboxylic acids is 1. The fourth-order valence-electron chi connectivity index (χ4n) is 2.14. The van der Waals surface area contributed by atoms with E-state index in [1.54, 1.807) is 0 Å². The number of ether oxygens (including phenoxy) is 1. The van der Waals surface area contributed by atoms with Crippen LogP contribution in [0.3, 0.4) is 0 Å². The zero-order chi connectivity index (χ0) is 14.1. The zero-order valence-electron chi connectivity index (χ0n) is 12.2. The number of hydrogen-bond acceptors (Lipinski definition) is 3. The average molecular weight is 263 g/mol. The third kappa shape index (κ3) is 5.33. The van der Waals surface area contributed by atoms with E-state index >= 15 is 0 Å². The summed E-state index contributed by atoms with van der Waals surface area (Å²) in [7, 11) is 0. The highest BCUT2D eigenvalue weighted by Gasteiger charge is 2.08. The molecule has 1 aromatic carbocycles. The van der Waals surface area contributed by atoms with Crippen molar-refractivity contribution < 1.29 is 9.53 Å². The van der Waals surface area contributed by atoms with E-state index in [4.69, 9.17) is 4.74 Å². The lowest BCUT2D eigenvalue weighted by molar-refractivity contribution is 0.0526. The van der Waals surface area contributed by atoms with Crippen LogP contribution in [0.5, 0.6) is 0 Å². The first-order valence-electron chi connectivity index (χ1n) is 7.24. The molecule has 0 radical (unpaired) electrons. The van der Waals surface area contributed by atoms with Crippen molar-refractivity contribution >= 4 is 11.7 Å². The molecule has 106 valence electrons.